The average Bonchev–Trinajstić information content (AvgIpc) is 2.34. The highest BCUT2D eigenvalue weighted by Crippen LogP contribution is 2.09. The van der Waals surface area contributed by atoms with Gasteiger partial charge in [0.15, 0.2) is 0 Å². The Morgan fingerprint density at radius 2 is 2.28 bits per heavy atom. The maximum atomic E-state index is 12.2. The molecule has 7 heteroatoms. The minimum Gasteiger partial charge on any atom is -0.480 e. The van der Waals surface area contributed by atoms with Gasteiger partial charge in [0.05, 0.1) is 25.9 Å². The number of rotatable bonds is 5. The summed E-state index contributed by atoms with van der Waals surface area (Å²) in [6.07, 6.45) is 0. The van der Waals surface area contributed by atoms with E-state index in [-0.39, 0.29) is 25.2 Å². The lowest BCUT2D eigenvalue weighted by Gasteiger charge is -2.36. The SMILES string of the molecule is COCCN(CC(=O)O)C(=O)N1CCOCC1C. The van der Waals surface area contributed by atoms with Gasteiger partial charge in [-0.3, -0.25) is 4.79 Å². The molecular formula is C11H20N2O5. The molecule has 1 saturated heterocycles. The number of nitrogens with zero attached hydrogens (tertiary/aromatic N) is 2. The molecule has 0 aliphatic carbocycles. The van der Waals surface area contributed by atoms with Crippen LogP contribution in [-0.4, -0.2) is 79.5 Å². The lowest BCUT2D eigenvalue weighted by Crippen LogP contribution is -2.54. The van der Waals surface area contributed by atoms with Crippen molar-refractivity contribution in [3.63, 3.8) is 0 Å². The molecule has 0 saturated carbocycles. The minimum absolute atomic E-state index is 0.0370. The van der Waals surface area contributed by atoms with Crippen LogP contribution < -0.4 is 0 Å². The summed E-state index contributed by atoms with van der Waals surface area (Å²) in [4.78, 5) is 25.9. The van der Waals surface area contributed by atoms with Gasteiger partial charge in [-0.25, -0.2) is 4.79 Å². The smallest absolute Gasteiger partial charge is 0.323 e. The molecule has 0 aromatic rings. The molecule has 1 N–H and O–H groups in total. The third-order valence-electron chi connectivity index (χ3n) is 2.78. The lowest BCUT2D eigenvalue weighted by atomic mass is 10.2. The molecule has 0 spiro atoms. The quantitative estimate of drug-likeness (QED) is 0.744. The van der Waals surface area contributed by atoms with Crippen LogP contribution in [0.15, 0.2) is 0 Å². The molecular weight excluding hydrogens is 240 g/mol. The number of methoxy groups -OCH3 is 1. The number of ether oxygens (including phenoxy) is 2. The highest BCUT2D eigenvalue weighted by atomic mass is 16.5. The van der Waals surface area contributed by atoms with Gasteiger partial charge >= 0.3 is 12.0 Å². The minimum atomic E-state index is -1.03. The van der Waals surface area contributed by atoms with Crippen LogP contribution in [0.25, 0.3) is 0 Å². The number of aliphatic carboxylic acids is 1. The first kappa shape index (κ1) is 14.7. The monoisotopic (exact) mass is 260 g/mol. The normalized spacial score (nSPS) is 19.7. The maximum absolute atomic E-state index is 12.2. The van der Waals surface area contributed by atoms with E-state index in [9.17, 15) is 9.59 Å². The van der Waals surface area contributed by atoms with Gasteiger partial charge < -0.3 is 24.4 Å². The highest BCUT2D eigenvalue weighted by molar-refractivity contribution is 5.80. The van der Waals surface area contributed by atoms with Crippen LogP contribution in [0, 0.1) is 0 Å². The fraction of sp³-hybridized carbons (Fsp3) is 0.818. The molecule has 1 heterocycles. The van der Waals surface area contributed by atoms with E-state index >= 15 is 0 Å². The van der Waals surface area contributed by atoms with Gasteiger partial charge in [-0.05, 0) is 6.92 Å². The zero-order chi connectivity index (χ0) is 13.5. The molecule has 2 amide bonds. The first-order chi connectivity index (χ1) is 8.56. The summed E-state index contributed by atoms with van der Waals surface area (Å²) in [6, 6.07) is -0.310. The number of carbonyl (C=O) groups excluding carboxylic acids is 1. The lowest BCUT2D eigenvalue weighted by molar-refractivity contribution is -0.138. The van der Waals surface area contributed by atoms with E-state index in [2.05, 4.69) is 0 Å². The third kappa shape index (κ3) is 4.15. The van der Waals surface area contributed by atoms with Crippen LogP contribution in [0.2, 0.25) is 0 Å². The third-order valence-corrected chi connectivity index (χ3v) is 2.78. The van der Waals surface area contributed by atoms with Crippen LogP contribution in [0.1, 0.15) is 6.92 Å². The second-order valence-corrected chi connectivity index (χ2v) is 4.21. The Morgan fingerprint density at radius 3 is 2.83 bits per heavy atom. The topological polar surface area (TPSA) is 79.3 Å². The number of carboxylic acid groups (broad SMARTS) is 1. The molecule has 1 atom stereocenters. The van der Waals surface area contributed by atoms with E-state index in [0.717, 1.165) is 0 Å². The summed E-state index contributed by atoms with van der Waals surface area (Å²) < 4.78 is 10.1. The van der Waals surface area contributed by atoms with Gasteiger partial charge in [0.2, 0.25) is 0 Å². The molecule has 0 aromatic carbocycles. The van der Waals surface area contributed by atoms with Gasteiger partial charge in [0, 0.05) is 20.2 Å². The Morgan fingerprint density at radius 1 is 1.56 bits per heavy atom. The Hall–Kier alpha value is -1.34. The summed E-state index contributed by atoms with van der Waals surface area (Å²) in [7, 11) is 1.51. The number of amides is 2. The summed E-state index contributed by atoms with van der Waals surface area (Å²) in [5.41, 5.74) is 0. The van der Waals surface area contributed by atoms with Crippen molar-refractivity contribution in [2.45, 2.75) is 13.0 Å². The molecule has 1 aliphatic heterocycles. The van der Waals surface area contributed by atoms with Crippen LogP contribution in [0.5, 0.6) is 0 Å². The number of hydrogen-bond acceptors (Lipinski definition) is 4. The molecule has 1 unspecified atom stereocenters. The van der Waals surface area contributed by atoms with Crippen molar-refractivity contribution in [3.05, 3.63) is 0 Å². The van der Waals surface area contributed by atoms with Crippen molar-refractivity contribution < 1.29 is 24.2 Å². The zero-order valence-electron chi connectivity index (χ0n) is 10.8. The van der Waals surface area contributed by atoms with E-state index in [4.69, 9.17) is 14.6 Å². The second-order valence-electron chi connectivity index (χ2n) is 4.21. The fourth-order valence-corrected chi connectivity index (χ4v) is 1.80. The largest absolute Gasteiger partial charge is 0.480 e. The summed E-state index contributed by atoms with van der Waals surface area (Å²) in [5.74, 6) is -1.03. The Balaban J connectivity index is 2.63. The van der Waals surface area contributed by atoms with Crippen LogP contribution >= 0.6 is 0 Å². The second kappa shape index (κ2) is 7.17. The Labute approximate surface area is 106 Å². The van der Waals surface area contributed by atoms with Crippen molar-refractivity contribution in [2.75, 3.05) is 46.6 Å². The Kier molecular flexibility index (Phi) is 5.87. The van der Waals surface area contributed by atoms with E-state index in [0.29, 0.717) is 26.4 Å². The van der Waals surface area contributed by atoms with E-state index < -0.39 is 5.97 Å². The standard InChI is InChI=1S/C11H20N2O5/c1-9-8-18-6-4-13(9)11(16)12(3-5-17-2)7-10(14)15/h9H,3-8H2,1-2H3,(H,14,15). The predicted octanol–water partition coefficient (Wildman–Crippen LogP) is -0.140. The summed E-state index contributed by atoms with van der Waals surface area (Å²) in [6.45, 7) is 3.61. The molecule has 0 aromatic heterocycles. The van der Waals surface area contributed by atoms with Crippen molar-refractivity contribution in [1.82, 2.24) is 9.80 Å². The predicted molar refractivity (Wildman–Crippen MR) is 63.5 cm³/mol. The Bertz CT molecular complexity index is 297. The number of hydrogen-bond donors (Lipinski definition) is 1. The van der Waals surface area contributed by atoms with Crippen molar-refractivity contribution in [2.24, 2.45) is 0 Å². The first-order valence-corrected chi connectivity index (χ1v) is 5.90. The van der Waals surface area contributed by atoms with Gasteiger partial charge in [0.1, 0.15) is 6.54 Å². The summed E-state index contributed by atoms with van der Waals surface area (Å²) >= 11 is 0. The molecule has 1 rings (SSSR count). The number of urea groups is 1. The van der Waals surface area contributed by atoms with E-state index in [1.807, 2.05) is 6.92 Å². The number of carboxylic acids is 1. The molecule has 1 aliphatic rings. The molecule has 1 fully saturated rings. The van der Waals surface area contributed by atoms with Crippen molar-refractivity contribution in [3.8, 4) is 0 Å². The van der Waals surface area contributed by atoms with Crippen molar-refractivity contribution in [1.29, 1.82) is 0 Å². The van der Waals surface area contributed by atoms with Gasteiger partial charge in [-0.2, -0.15) is 0 Å². The first-order valence-electron chi connectivity index (χ1n) is 5.90. The molecule has 104 valence electrons. The summed E-state index contributed by atoms with van der Waals surface area (Å²) in [5, 5.41) is 8.82. The highest BCUT2D eigenvalue weighted by Gasteiger charge is 2.28. The van der Waals surface area contributed by atoms with Gasteiger partial charge in [-0.15, -0.1) is 0 Å². The molecule has 7 nitrogen and oxygen atoms in total. The van der Waals surface area contributed by atoms with E-state index in [1.54, 1.807) is 4.90 Å². The molecule has 0 radical (unpaired) electrons. The molecule has 0 bridgehead atoms. The van der Waals surface area contributed by atoms with E-state index in [1.165, 1.54) is 12.0 Å². The van der Waals surface area contributed by atoms with Crippen LogP contribution in [-0.2, 0) is 14.3 Å². The number of carbonyl (C=O) groups is 2. The fourth-order valence-electron chi connectivity index (χ4n) is 1.80. The van der Waals surface area contributed by atoms with Crippen molar-refractivity contribution >= 4 is 12.0 Å². The molecule has 18 heavy (non-hydrogen) atoms. The zero-order valence-corrected chi connectivity index (χ0v) is 10.8. The van der Waals surface area contributed by atoms with Crippen LogP contribution in [0.3, 0.4) is 0 Å². The van der Waals surface area contributed by atoms with Gasteiger partial charge in [0.25, 0.3) is 0 Å². The van der Waals surface area contributed by atoms with Crippen LogP contribution in [0.4, 0.5) is 4.79 Å². The average molecular weight is 260 g/mol. The maximum Gasteiger partial charge on any atom is 0.323 e. The number of morpholine rings is 1. The van der Waals surface area contributed by atoms with Gasteiger partial charge in [-0.1, -0.05) is 0 Å².